The zero-order valence-electron chi connectivity index (χ0n) is 42.3. The SMILES string of the molecule is CCCCC(CC)CC1(CC(CC)CCCC)c2cc(N(c3ccc(C)cc3)c3cccc4ccccc34)ccc2-c2ccc(N(c3ccc(C(C)(C)C)cc3)c3cccc4ccccc34)cc21. The molecule has 1 aliphatic rings. The maximum absolute atomic E-state index is 2.65. The van der Waals surface area contributed by atoms with Crippen LogP contribution in [-0.4, -0.2) is 0 Å². The van der Waals surface area contributed by atoms with E-state index in [9.17, 15) is 0 Å². The third kappa shape index (κ3) is 9.24. The molecule has 68 heavy (non-hydrogen) atoms. The lowest BCUT2D eigenvalue weighted by atomic mass is 9.65. The summed E-state index contributed by atoms with van der Waals surface area (Å²) in [5, 5.41) is 5.03. The summed E-state index contributed by atoms with van der Waals surface area (Å²) in [7, 11) is 0. The Morgan fingerprint density at radius 1 is 0.456 bits per heavy atom. The van der Waals surface area contributed by atoms with Crippen molar-refractivity contribution in [2.24, 2.45) is 11.8 Å². The fourth-order valence-electron chi connectivity index (χ4n) is 11.6. The van der Waals surface area contributed by atoms with Gasteiger partial charge in [0.1, 0.15) is 0 Å². The Labute approximate surface area is 409 Å². The van der Waals surface area contributed by atoms with E-state index in [0.29, 0.717) is 11.8 Å². The average Bonchev–Trinajstić information content (AvgIpc) is 3.62. The molecule has 0 amide bonds. The monoisotopic (exact) mass is 895 g/mol. The van der Waals surface area contributed by atoms with E-state index < -0.39 is 0 Å². The van der Waals surface area contributed by atoms with Gasteiger partial charge in [-0.15, -0.1) is 0 Å². The van der Waals surface area contributed by atoms with Gasteiger partial charge in [0.05, 0.1) is 11.4 Å². The number of hydrogen-bond donors (Lipinski definition) is 0. The summed E-state index contributed by atoms with van der Waals surface area (Å²) in [4.78, 5) is 5.09. The predicted molar refractivity (Wildman–Crippen MR) is 296 cm³/mol. The third-order valence-electron chi connectivity index (χ3n) is 15.5. The molecule has 0 aliphatic heterocycles. The highest BCUT2D eigenvalue weighted by atomic mass is 15.1. The molecule has 0 bridgehead atoms. The third-order valence-corrected chi connectivity index (χ3v) is 15.5. The van der Waals surface area contributed by atoms with Crippen LogP contribution in [0.4, 0.5) is 34.1 Å². The molecule has 0 fully saturated rings. The molecule has 0 saturated heterocycles. The Morgan fingerprint density at radius 3 is 1.29 bits per heavy atom. The van der Waals surface area contributed by atoms with Crippen LogP contribution < -0.4 is 9.80 Å². The summed E-state index contributed by atoms with van der Waals surface area (Å²) >= 11 is 0. The molecule has 2 heteroatoms. The Hall–Kier alpha value is -6.12. The number of anilines is 6. The van der Waals surface area contributed by atoms with Gasteiger partial charge in [-0.3, -0.25) is 0 Å². The van der Waals surface area contributed by atoms with Crippen LogP contribution in [0.1, 0.15) is 135 Å². The van der Waals surface area contributed by atoms with Gasteiger partial charge in [0.25, 0.3) is 0 Å². The topological polar surface area (TPSA) is 6.48 Å². The summed E-state index contributed by atoms with van der Waals surface area (Å²) < 4.78 is 0. The number of nitrogens with zero attached hydrogens (tertiary/aromatic N) is 2. The second kappa shape index (κ2) is 20.2. The van der Waals surface area contributed by atoms with Crippen molar-refractivity contribution in [2.75, 3.05) is 9.80 Å². The van der Waals surface area contributed by atoms with E-state index in [4.69, 9.17) is 0 Å². The molecule has 0 spiro atoms. The number of fused-ring (bicyclic) bond motifs is 5. The normalized spacial score (nSPS) is 15.3. The second-order valence-electron chi connectivity index (χ2n) is 21.1. The zero-order valence-corrected chi connectivity index (χ0v) is 42.3. The number of benzene rings is 8. The first-order valence-electron chi connectivity index (χ1n) is 26.1. The maximum Gasteiger partial charge on any atom is 0.0540 e. The van der Waals surface area contributed by atoms with E-state index in [2.05, 4.69) is 235 Å². The molecule has 8 aromatic carbocycles. The van der Waals surface area contributed by atoms with Crippen molar-refractivity contribution >= 4 is 55.7 Å². The quantitative estimate of drug-likeness (QED) is 0.0847. The molecule has 0 heterocycles. The van der Waals surface area contributed by atoms with E-state index in [-0.39, 0.29) is 10.8 Å². The van der Waals surface area contributed by atoms with Crippen molar-refractivity contribution in [1.82, 2.24) is 0 Å². The van der Waals surface area contributed by atoms with Gasteiger partial charge in [0.15, 0.2) is 0 Å². The lowest BCUT2D eigenvalue weighted by Crippen LogP contribution is -2.32. The highest BCUT2D eigenvalue weighted by Crippen LogP contribution is 2.59. The Bertz CT molecular complexity index is 2940. The summed E-state index contributed by atoms with van der Waals surface area (Å²) in [5.74, 6) is 1.21. The molecule has 2 atom stereocenters. The van der Waals surface area contributed by atoms with E-state index in [0.717, 1.165) is 12.8 Å². The number of rotatable bonds is 18. The van der Waals surface area contributed by atoms with Crippen LogP contribution in [0.25, 0.3) is 32.7 Å². The first-order valence-corrected chi connectivity index (χ1v) is 26.1. The van der Waals surface area contributed by atoms with Crippen LogP contribution in [-0.2, 0) is 10.8 Å². The average molecular weight is 895 g/mol. The van der Waals surface area contributed by atoms with Gasteiger partial charge in [-0.25, -0.2) is 0 Å². The minimum absolute atomic E-state index is 0.0600. The highest BCUT2D eigenvalue weighted by molar-refractivity contribution is 6.01. The Morgan fingerprint density at radius 2 is 0.868 bits per heavy atom. The Kier molecular flexibility index (Phi) is 14.0. The predicted octanol–water partition coefficient (Wildman–Crippen LogP) is 20.0. The highest BCUT2D eigenvalue weighted by Gasteiger charge is 2.46. The van der Waals surface area contributed by atoms with Crippen LogP contribution in [0.15, 0.2) is 170 Å². The van der Waals surface area contributed by atoms with Crippen molar-refractivity contribution in [3.8, 4) is 11.1 Å². The molecule has 1 aliphatic carbocycles. The van der Waals surface area contributed by atoms with E-state index in [1.54, 1.807) is 0 Å². The fraction of sp³-hybridized carbons (Fsp3) is 0.333. The van der Waals surface area contributed by atoms with Crippen molar-refractivity contribution in [3.05, 3.63) is 192 Å². The Balaban J connectivity index is 1.31. The fourth-order valence-corrected chi connectivity index (χ4v) is 11.6. The van der Waals surface area contributed by atoms with Crippen LogP contribution in [0.2, 0.25) is 0 Å². The van der Waals surface area contributed by atoms with Gasteiger partial charge in [-0.05, 0) is 136 Å². The van der Waals surface area contributed by atoms with Gasteiger partial charge in [-0.1, -0.05) is 215 Å². The van der Waals surface area contributed by atoms with E-state index in [1.165, 1.54) is 140 Å². The minimum atomic E-state index is -0.183. The largest absolute Gasteiger partial charge is 0.310 e. The molecule has 2 nitrogen and oxygen atoms in total. The molecule has 8 aromatic rings. The van der Waals surface area contributed by atoms with Gasteiger partial charge in [0.2, 0.25) is 0 Å². The molecule has 0 saturated carbocycles. The summed E-state index contributed by atoms with van der Waals surface area (Å²) in [5.41, 5.74) is 15.5. The van der Waals surface area contributed by atoms with Gasteiger partial charge < -0.3 is 9.80 Å². The zero-order chi connectivity index (χ0) is 47.4. The number of unbranched alkanes of at least 4 members (excludes halogenated alkanes) is 2. The first kappa shape index (κ1) is 47.0. The van der Waals surface area contributed by atoms with E-state index >= 15 is 0 Å². The lowest BCUT2D eigenvalue weighted by Gasteiger charge is -2.39. The molecule has 2 unspecified atom stereocenters. The van der Waals surface area contributed by atoms with Crippen molar-refractivity contribution in [3.63, 3.8) is 0 Å². The van der Waals surface area contributed by atoms with Gasteiger partial charge in [-0.2, -0.15) is 0 Å². The summed E-state index contributed by atoms with van der Waals surface area (Å²) in [6.45, 7) is 18.8. The molecule has 0 radical (unpaired) electrons. The standard InChI is InChI=1S/C66H74N2/c1-9-13-21-48(11-3)45-66(46-49(12-4)22-14-10-2)61-43-55(67(53-35-31-47(5)32-36-53)63-29-19-25-50-23-15-17-27-57(50)63)39-41-59(61)60-42-40-56(44-62(60)66)68(54-37-33-52(34-38-54)65(6,7)8)64-30-20-26-51-24-16-18-28-58(51)64/h15-20,23-44,48-49H,9-14,21-22,45-46H2,1-8H3. The van der Waals surface area contributed by atoms with Crippen molar-refractivity contribution in [2.45, 2.75) is 130 Å². The maximum atomic E-state index is 2.65. The summed E-state index contributed by atoms with van der Waals surface area (Å²) in [6.07, 6.45) is 12.2. The van der Waals surface area contributed by atoms with E-state index in [1.807, 2.05) is 0 Å². The number of hydrogen-bond acceptors (Lipinski definition) is 2. The molecule has 348 valence electrons. The van der Waals surface area contributed by atoms with Crippen molar-refractivity contribution < 1.29 is 0 Å². The number of aryl methyl sites for hydroxylation is 1. The van der Waals surface area contributed by atoms with Crippen LogP contribution in [0.3, 0.4) is 0 Å². The molecule has 0 aromatic heterocycles. The first-order chi connectivity index (χ1) is 33.1. The van der Waals surface area contributed by atoms with Gasteiger partial charge in [0, 0.05) is 38.9 Å². The lowest BCUT2D eigenvalue weighted by molar-refractivity contribution is 0.266. The van der Waals surface area contributed by atoms with Gasteiger partial charge >= 0.3 is 0 Å². The minimum Gasteiger partial charge on any atom is -0.310 e. The summed E-state index contributed by atoms with van der Waals surface area (Å²) in [6, 6.07) is 65.0. The molecular formula is C66H74N2. The molecular weight excluding hydrogens is 821 g/mol. The van der Waals surface area contributed by atoms with Crippen LogP contribution >= 0.6 is 0 Å². The van der Waals surface area contributed by atoms with Crippen LogP contribution in [0, 0.1) is 18.8 Å². The molecule has 0 N–H and O–H groups in total. The smallest absolute Gasteiger partial charge is 0.0540 e. The molecule has 9 rings (SSSR count). The van der Waals surface area contributed by atoms with Crippen LogP contribution in [0.5, 0.6) is 0 Å². The van der Waals surface area contributed by atoms with Crippen molar-refractivity contribution in [1.29, 1.82) is 0 Å². The second-order valence-corrected chi connectivity index (χ2v) is 21.1.